The van der Waals surface area contributed by atoms with Crippen molar-refractivity contribution >= 4 is 6.98 Å². The van der Waals surface area contributed by atoms with Crippen LogP contribution in [0.25, 0.3) is 0 Å². The second-order valence-electron chi connectivity index (χ2n) is 3.64. The fourth-order valence-electron chi connectivity index (χ4n) is 1.27. The number of halogens is 3. The van der Waals surface area contributed by atoms with Crippen molar-refractivity contribution in [2.75, 3.05) is 0 Å². The highest BCUT2D eigenvalue weighted by Gasteiger charge is 2.27. The summed E-state index contributed by atoms with van der Waals surface area (Å²) in [6.07, 6.45) is 0. The lowest BCUT2D eigenvalue weighted by Crippen LogP contribution is -2.31. The molecule has 0 saturated carbocycles. The van der Waals surface area contributed by atoms with Crippen LogP contribution in [0, 0.1) is 13.8 Å². The maximum atomic E-state index is 12.3. The second-order valence-corrected chi connectivity index (χ2v) is 3.64. The van der Waals surface area contributed by atoms with Crippen LogP contribution in [0.5, 0.6) is 0 Å². The monoisotopic (exact) mass is 231 g/mol. The Hall–Kier alpha value is -1.53. The third-order valence-corrected chi connectivity index (χ3v) is 2.17. The molecule has 0 bridgehead atoms. The Morgan fingerprint density at radius 1 is 1.50 bits per heavy atom. The number of allylic oxidation sites excluding steroid dienone is 1. The number of aryl methyl sites for hydroxylation is 2. The molecule has 0 aliphatic heterocycles. The Morgan fingerprint density at radius 2 is 2.06 bits per heavy atom. The topological polar surface area (TPSA) is 34.9 Å². The molecule has 0 atom stereocenters. The average molecular weight is 231 g/mol. The van der Waals surface area contributed by atoms with E-state index in [-0.39, 0.29) is 0 Å². The molecule has 0 fully saturated rings. The van der Waals surface area contributed by atoms with Gasteiger partial charge in [-0.05, 0) is 19.9 Å². The molecular weight excluding hydrogens is 220 g/mol. The zero-order valence-corrected chi connectivity index (χ0v) is 9.01. The Kier molecular flexibility index (Phi) is 3.25. The molecule has 0 aliphatic carbocycles. The van der Waals surface area contributed by atoms with E-state index in [1.807, 2.05) is 0 Å². The van der Waals surface area contributed by atoms with Gasteiger partial charge in [0, 0.05) is 17.9 Å². The van der Waals surface area contributed by atoms with Crippen LogP contribution in [0.3, 0.4) is 0 Å². The van der Waals surface area contributed by atoms with Gasteiger partial charge in [0.15, 0.2) is 0 Å². The molecule has 0 aliphatic rings. The number of hydrogen-bond donors (Lipinski definition) is 0. The number of hydrogen-bond acceptors (Lipinski definition) is 2. The lowest BCUT2D eigenvalue weighted by atomic mass is 9.80. The number of nitrogens with zero attached hydrogens (tertiary/aromatic N) is 2. The predicted octanol–water partition coefficient (Wildman–Crippen LogP) is 1.80. The molecule has 1 aromatic heterocycles. The molecule has 0 unspecified atom stereocenters. The molecule has 16 heavy (non-hydrogen) atoms. The summed E-state index contributed by atoms with van der Waals surface area (Å²) in [5, 5.41) is 0. The van der Waals surface area contributed by atoms with E-state index < -0.39 is 24.7 Å². The molecule has 0 radical (unpaired) electrons. The van der Waals surface area contributed by atoms with Gasteiger partial charge in [-0.3, -0.25) is 4.57 Å². The Morgan fingerprint density at radius 3 is 2.50 bits per heavy atom. The average Bonchev–Trinajstić information content (AvgIpc) is 2.08. The first-order valence-electron chi connectivity index (χ1n) is 4.64. The molecule has 3 nitrogen and oxygen atoms in total. The Balaban J connectivity index is 3.08. The highest BCUT2D eigenvalue weighted by molar-refractivity contribution is 6.66. The van der Waals surface area contributed by atoms with Gasteiger partial charge < -0.3 is 12.9 Å². The van der Waals surface area contributed by atoms with Gasteiger partial charge in [0.2, 0.25) is 0 Å². The third kappa shape index (κ3) is 2.74. The van der Waals surface area contributed by atoms with Crippen LogP contribution in [-0.4, -0.2) is 16.5 Å². The van der Waals surface area contributed by atoms with Gasteiger partial charge in [-0.15, -0.1) is 12.1 Å². The van der Waals surface area contributed by atoms with Crippen molar-refractivity contribution in [3.05, 3.63) is 40.0 Å². The van der Waals surface area contributed by atoms with E-state index in [2.05, 4.69) is 11.6 Å². The Labute approximate surface area is 90.7 Å². The van der Waals surface area contributed by atoms with Crippen LogP contribution in [0.15, 0.2) is 22.9 Å². The highest BCUT2D eigenvalue weighted by Crippen LogP contribution is 2.19. The molecule has 1 heterocycles. The van der Waals surface area contributed by atoms with Gasteiger partial charge in [-0.2, -0.15) is 4.98 Å². The third-order valence-electron chi connectivity index (χ3n) is 2.17. The summed E-state index contributed by atoms with van der Waals surface area (Å²) in [5.74, 6) is 0. The van der Waals surface area contributed by atoms with E-state index in [1.165, 1.54) is 0 Å². The van der Waals surface area contributed by atoms with Crippen molar-refractivity contribution < 1.29 is 12.9 Å². The highest BCUT2D eigenvalue weighted by atomic mass is 19.4. The fourth-order valence-corrected chi connectivity index (χ4v) is 1.27. The van der Waals surface area contributed by atoms with Gasteiger partial charge in [-0.25, -0.2) is 4.79 Å². The quantitative estimate of drug-likeness (QED) is 0.743. The molecule has 0 aromatic carbocycles. The molecule has 0 saturated heterocycles. The van der Waals surface area contributed by atoms with Gasteiger partial charge >= 0.3 is 12.7 Å². The van der Waals surface area contributed by atoms with Gasteiger partial charge in [0.25, 0.3) is 0 Å². The maximum Gasteiger partial charge on any atom is 0.506 e. The lowest BCUT2D eigenvalue weighted by molar-refractivity contribution is 0.480. The van der Waals surface area contributed by atoms with E-state index in [1.54, 1.807) is 19.9 Å². The van der Waals surface area contributed by atoms with Crippen molar-refractivity contribution in [2.24, 2.45) is 0 Å². The largest absolute Gasteiger partial charge is 0.506 e. The minimum Gasteiger partial charge on any atom is -0.445 e. The van der Waals surface area contributed by atoms with Crippen LogP contribution >= 0.6 is 0 Å². The van der Waals surface area contributed by atoms with Gasteiger partial charge in [0.05, 0.1) is 0 Å². The first kappa shape index (κ1) is 12.5. The minimum absolute atomic E-state index is 0.443. The fraction of sp³-hybridized carbons (Fsp3) is 0.333. The predicted molar refractivity (Wildman–Crippen MR) is 56.2 cm³/mol. The van der Waals surface area contributed by atoms with Crippen LogP contribution in [0.1, 0.15) is 11.4 Å². The normalized spacial score (nSPS) is 11.6. The van der Waals surface area contributed by atoms with E-state index >= 15 is 0 Å². The summed E-state index contributed by atoms with van der Waals surface area (Å²) in [6, 6.07) is 1.55. The van der Waals surface area contributed by atoms with Crippen molar-refractivity contribution in [3.8, 4) is 0 Å². The van der Waals surface area contributed by atoms with Gasteiger partial charge in [-0.1, -0.05) is 0 Å². The molecule has 1 rings (SSSR count). The van der Waals surface area contributed by atoms with Crippen molar-refractivity contribution in [1.82, 2.24) is 9.55 Å². The molecule has 0 amide bonds. The number of rotatable bonds is 3. The van der Waals surface area contributed by atoms with Crippen LogP contribution < -0.4 is 5.69 Å². The summed E-state index contributed by atoms with van der Waals surface area (Å²) >= 11 is 0. The lowest BCUT2D eigenvalue weighted by Gasteiger charge is -2.19. The summed E-state index contributed by atoms with van der Waals surface area (Å²) in [4.78, 5) is 14.9. The summed E-state index contributed by atoms with van der Waals surface area (Å²) in [6.45, 7) is 0.444. The first-order valence-corrected chi connectivity index (χ1v) is 4.64. The zero-order valence-electron chi connectivity index (χ0n) is 9.01. The molecular formula is C9H11BF3N2O-. The van der Waals surface area contributed by atoms with E-state index in [9.17, 15) is 17.7 Å². The summed E-state index contributed by atoms with van der Waals surface area (Å²) in [5.41, 5.74) is -0.657. The van der Waals surface area contributed by atoms with Crippen LogP contribution in [0.4, 0.5) is 12.9 Å². The molecule has 1 aromatic rings. The summed E-state index contributed by atoms with van der Waals surface area (Å²) < 4.78 is 37.9. The van der Waals surface area contributed by atoms with Crippen molar-refractivity contribution in [1.29, 1.82) is 0 Å². The zero-order chi connectivity index (χ0) is 12.5. The van der Waals surface area contributed by atoms with Crippen LogP contribution in [0.2, 0.25) is 0 Å². The number of aromatic nitrogens is 2. The van der Waals surface area contributed by atoms with Gasteiger partial charge in [0.1, 0.15) is 0 Å². The smallest absolute Gasteiger partial charge is 0.445 e. The van der Waals surface area contributed by atoms with Crippen molar-refractivity contribution in [2.45, 2.75) is 20.4 Å². The van der Waals surface area contributed by atoms with E-state index in [0.717, 1.165) is 4.57 Å². The molecule has 0 N–H and O–H groups in total. The second kappa shape index (κ2) is 4.15. The van der Waals surface area contributed by atoms with E-state index in [4.69, 9.17) is 0 Å². The first-order chi connectivity index (χ1) is 7.21. The summed E-state index contributed by atoms with van der Waals surface area (Å²) in [7, 11) is 0. The molecule has 88 valence electrons. The van der Waals surface area contributed by atoms with Crippen LogP contribution in [-0.2, 0) is 6.54 Å². The van der Waals surface area contributed by atoms with Crippen molar-refractivity contribution in [3.63, 3.8) is 0 Å². The Bertz CT molecular complexity index is 479. The standard InChI is InChI=1S/C9H11BF3N2O/c1-6(10(11,12)13)5-15-8(3)4-7(2)14-9(15)16/h4H,1,5H2,2-3H3/q-1. The molecule has 7 heteroatoms. The minimum atomic E-state index is -5.12. The van der Waals surface area contributed by atoms with E-state index in [0.29, 0.717) is 11.4 Å². The molecule has 0 spiro atoms. The maximum absolute atomic E-state index is 12.3. The SMILES string of the molecule is C=C(Cn1c(C)cc(C)nc1=O)[B-](F)(F)F.